The number of allylic oxidation sites excluding steroid dienone is 2. The van der Waals surface area contributed by atoms with E-state index in [1.54, 1.807) is 21.1 Å². The monoisotopic (exact) mass is 517 g/mol. The van der Waals surface area contributed by atoms with E-state index in [0.29, 0.717) is 23.7 Å². The zero-order valence-corrected chi connectivity index (χ0v) is 20.7. The first kappa shape index (κ1) is 28.6. The molecule has 200 valence electrons. The van der Waals surface area contributed by atoms with Crippen LogP contribution in [0.5, 0.6) is 0 Å². The minimum absolute atomic E-state index is 0.300. The van der Waals surface area contributed by atoms with Crippen LogP contribution >= 0.6 is 0 Å². The molecule has 1 amide bonds. The standard InChI is InChI=1S/C19H29N7O3.C2HF3O2/c1-13(2)6-9-25-15-16(21-18(25)24-10-7-20-8-11-24)23(5)19(29)26(17(15)28)12-14(27)22(3)4;3-2(4,5)1(6)7/h6,20H,7-12H2,1-5H3;(H,6,7). The van der Waals surface area contributed by atoms with Crippen molar-refractivity contribution in [1.82, 2.24) is 28.9 Å². The maximum atomic E-state index is 13.3. The van der Waals surface area contributed by atoms with Gasteiger partial charge in [0.05, 0.1) is 0 Å². The number of carbonyl (C=O) groups is 2. The Kier molecular flexibility index (Phi) is 9.07. The molecule has 3 heterocycles. The molecule has 2 aromatic rings. The number of aryl methyl sites for hydroxylation is 1. The fraction of sp³-hybridized carbons (Fsp3) is 0.571. The minimum atomic E-state index is -5.08. The molecule has 0 unspecified atom stereocenters. The molecule has 1 saturated heterocycles. The van der Waals surface area contributed by atoms with Crippen molar-refractivity contribution in [2.24, 2.45) is 7.05 Å². The molecular formula is C21H30F3N7O5. The number of piperazine rings is 1. The van der Waals surface area contributed by atoms with Gasteiger partial charge in [0.25, 0.3) is 5.56 Å². The van der Waals surface area contributed by atoms with Crippen LogP contribution in [0.25, 0.3) is 11.2 Å². The highest BCUT2D eigenvalue weighted by Crippen LogP contribution is 2.20. The van der Waals surface area contributed by atoms with Gasteiger partial charge in [0, 0.05) is 53.9 Å². The first-order chi connectivity index (χ1) is 16.7. The Morgan fingerprint density at radius 3 is 2.17 bits per heavy atom. The zero-order valence-electron chi connectivity index (χ0n) is 20.7. The number of rotatable bonds is 5. The van der Waals surface area contributed by atoms with Gasteiger partial charge in [-0.05, 0) is 13.8 Å². The predicted octanol–water partition coefficient (Wildman–Crippen LogP) is -0.00600. The molecule has 2 aromatic heterocycles. The summed E-state index contributed by atoms with van der Waals surface area (Å²) >= 11 is 0. The van der Waals surface area contributed by atoms with Crippen LogP contribution in [-0.4, -0.2) is 87.0 Å². The normalized spacial score (nSPS) is 13.7. The summed E-state index contributed by atoms with van der Waals surface area (Å²) in [5, 5.41) is 10.4. The van der Waals surface area contributed by atoms with Crippen LogP contribution in [0.15, 0.2) is 21.2 Å². The zero-order chi connectivity index (χ0) is 27.4. The number of carbonyl (C=O) groups excluding carboxylic acids is 1. The van der Waals surface area contributed by atoms with Crippen molar-refractivity contribution in [3.05, 3.63) is 32.5 Å². The van der Waals surface area contributed by atoms with Gasteiger partial charge in [-0.3, -0.25) is 14.2 Å². The van der Waals surface area contributed by atoms with Crippen LogP contribution in [0.1, 0.15) is 13.8 Å². The summed E-state index contributed by atoms with van der Waals surface area (Å²) in [5.41, 5.74) is 0.755. The third-order valence-corrected chi connectivity index (χ3v) is 5.33. The molecule has 0 saturated carbocycles. The number of hydrogen-bond donors (Lipinski definition) is 2. The van der Waals surface area contributed by atoms with Gasteiger partial charge in [-0.2, -0.15) is 18.2 Å². The van der Waals surface area contributed by atoms with Gasteiger partial charge < -0.3 is 24.8 Å². The van der Waals surface area contributed by atoms with Crippen LogP contribution in [0.4, 0.5) is 19.1 Å². The number of nitrogens with one attached hydrogen (secondary N) is 1. The maximum absolute atomic E-state index is 13.3. The van der Waals surface area contributed by atoms with Crippen molar-refractivity contribution in [2.75, 3.05) is 45.2 Å². The van der Waals surface area contributed by atoms with E-state index >= 15 is 0 Å². The number of anilines is 1. The van der Waals surface area contributed by atoms with Crippen LogP contribution in [-0.2, 0) is 29.7 Å². The summed E-state index contributed by atoms with van der Waals surface area (Å²) in [4.78, 5) is 55.3. The second-order valence-electron chi connectivity index (χ2n) is 8.54. The smallest absolute Gasteiger partial charge is 0.475 e. The molecule has 36 heavy (non-hydrogen) atoms. The fourth-order valence-electron chi connectivity index (χ4n) is 3.33. The van der Waals surface area contributed by atoms with E-state index in [4.69, 9.17) is 9.90 Å². The largest absolute Gasteiger partial charge is 0.490 e. The van der Waals surface area contributed by atoms with Gasteiger partial charge in [-0.25, -0.2) is 14.2 Å². The van der Waals surface area contributed by atoms with E-state index < -0.39 is 23.4 Å². The first-order valence-corrected chi connectivity index (χ1v) is 11.0. The van der Waals surface area contributed by atoms with Gasteiger partial charge in [-0.1, -0.05) is 11.6 Å². The minimum Gasteiger partial charge on any atom is -0.475 e. The fourth-order valence-corrected chi connectivity index (χ4v) is 3.33. The quantitative estimate of drug-likeness (QED) is 0.529. The predicted molar refractivity (Wildman–Crippen MR) is 126 cm³/mol. The van der Waals surface area contributed by atoms with E-state index in [1.165, 1.54) is 9.47 Å². The molecule has 0 bridgehead atoms. The molecule has 1 aliphatic rings. The topological polar surface area (TPSA) is 135 Å². The molecule has 0 radical (unpaired) electrons. The summed E-state index contributed by atoms with van der Waals surface area (Å²) in [6, 6.07) is 0. The molecule has 3 rings (SSSR count). The SMILES string of the molecule is CC(C)=CCn1c(N2CCNCC2)nc2c1c(=O)n(CC(=O)N(C)C)c(=O)n2C.O=C(O)C(F)(F)F. The molecule has 12 nitrogen and oxygen atoms in total. The molecule has 0 aliphatic carbocycles. The Bertz CT molecular complexity index is 1260. The van der Waals surface area contributed by atoms with Gasteiger partial charge >= 0.3 is 17.8 Å². The highest BCUT2D eigenvalue weighted by atomic mass is 19.4. The second kappa shape index (κ2) is 11.4. The average molecular weight is 518 g/mol. The number of carboxylic acid groups (broad SMARTS) is 1. The Hall–Kier alpha value is -3.62. The molecule has 0 spiro atoms. The Morgan fingerprint density at radius 1 is 1.14 bits per heavy atom. The Morgan fingerprint density at radius 2 is 1.69 bits per heavy atom. The lowest BCUT2D eigenvalue weighted by atomic mass is 10.3. The van der Waals surface area contributed by atoms with E-state index in [0.717, 1.165) is 36.3 Å². The number of imidazole rings is 1. The van der Waals surface area contributed by atoms with Crippen LogP contribution in [0, 0.1) is 0 Å². The van der Waals surface area contributed by atoms with Crippen molar-refractivity contribution < 1.29 is 27.9 Å². The summed E-state index contributed by atoms with van der Waals surface area (Å²) in [6.07, 6.45) is -3.06. The number of carboxylic acids is 1. The van der Waals surface area contributed by atoms with Crippen LogP contribution < -0.4 is 21.5 Å². The van der Waals surface area contributed by atoms with Crippen molar-refractivity contribution >= 4 is 29.0 Å². The average Bonchev–Trinajstić information content (AvgIpc) is 3.19. The molecular weight excluding hydrogens is 487 g/mol. The lowest BCUT2D eigenvalue weighted by Gasteiger charge is -2.28. The van der Waals surface area contributed by atoms with Crippen LogP contribution in [0.3, 0.4) is 0 Å². The number of likely N-dealkylation sites (N-methyl/N-ethyl adjacent to an activating group) is 1. The molecule has 15 heteroatoms. The third kappa shape index (κ3) is 6.53. The van der Waals surface area contributed by atoms with Crippen molar-refractivity contribution in [2.45, 2.75) is 33.1 Å². The van der Waals surface area contributed by atoms with E-state index in [9.17, 15) is 27.6 Å². The van der Waals surface area contributed by atoms with Gasteiger partial charge in [0.1, 0.15) is 6.54 Å². The third-order valence-electron chi connectivity index (χ3n) is 5.33. The molecule has 1 fully saturated rings. The highest BCUT2D eigenvalue weighted by molar-refractivity contribution is 5.77. The number of fused-ring (bicyclic) bond motifs is 1. The lowest BCUT2D eigenvalue weighted by molar-refractivity contribution is -0.192. The maximum Gasteiger partial charge on any atom is 0.490 e. The second-order valence-corrected chi connectivity index (χ2v) is 8.54. The molecule has 2 N–H and O–H groups in total. The number of aliphatic carboxylic acids is 1. The van der Waals surface area contributed by atoms with Crippen molar-refractivity contribution in [3.63, 3.8) is 0 Å². The van der Waals surface area contributed by atoms with Crippen molar-refractivity contribution in [1.29, 1.82) is 0 Å². The highest BCUT2D eigenvalue weighted by Gasteiger charge is 2.38. The van der Waals surface area contributed by atoms with E-state index in [1.807, 2.05) is 24.5 Å². The lowest BCUT2D eigenvalue weighted by Crippen LogP contribution is -2.45. The Labute approximate surface area is 204 Å². The summed E-state index contributed by atoms with van der Waals surface area (Å²) in [6.45, 7) is 7.33. The summed E-state index contributed by atoms with van der Waals surface area (Å²) in [7, 11) is 4.77. The number of hydrogen-bond acceptors (Lipinski definition) is 7. The number of aromatic nitrogens is 4. The Balaban J connectivity index is 0.000000572. The number of amides is 1. The van der Waals surface area contributed by atoms with E-state index in [-0.39, 0.29) is 12.5 Å². The van der Waals surface area contributed by atoms with Gasteiger partial charge in [0.2, 0.25) is 11.9 Å². The first-order valence-electron chi connectivity index (χ1n) is 11.0. The molecule has 0 atom stereocenters. The number of halogens is 3. The van der Waals surface area contributed by atoms with Crippen LogP contribution in [0.2, 0.25) is 0 Å². The van der Waals surface area contributed by atoms with E-state index in [2.05, 4.69) is 15.2 Å². The molecule has 0 aromatic carbocycles. The molecule has 1 aliphatic heterocycles. The summed E-state index contributed by atoms with van der Waals surface area (Å²) < 4.78 is 35.9. The van der Waals surface area contributed by atoms with Gasteiger partial charge in [-0.15, -0.1) is 0 Å². The van der Waals surface area contributed by atoms with Crippen molar-refractivity contribution in [3.8, 4) is 0 Å². The summed E-state index contributed by atoms with van der Waals surface area (Å²) in [5.74, 6) is -2.41. The number of alkyl halides is 3. The number of nitrogens with zero attached hydrogens (tertiary/aromatic N) is 6. The van der Waals surface area contributed by atoms with Gasteiger partial charge in [0.15, 0.2) is 11.2 Å².